The molecule has 0 atom stereocenters. The van der Waals surface area contributed by atoms with Gasteiger partial charge in [-0.25, -0.2) is 0 Å². The molecule has 0 fully saturated rings. The molecule has 0 amide bonds. The minimum atomic E-state index is -2.02. The van der Waals surface area contributed by atoms with Crippen LogP contribution in [0.4, 0.5) is 0 Å². The Morgan fingerprint density at radius 2 is 1.22 bits per heavy atom. The molecule has 0 heterocycles. The molecule has 0 saturated heterocycles. The molecule has 0 aliphatic rings. The van der Waals surface area contributed by atoms with Crippen LogP contribution >= 0.6 is 116 Å². The van der Waals surface area contributed by atoms with Crippen molar-refractivity contribution in [2.24, 2.45) is 0 Å². The summed E-state index contributed by atoms with van der Waals surface area (Å²) < 4.78 is -7.78. The summed E-state index contributed by atoms with van der Waals surface area (Å²) >= 11 is 60.1. The number of hydrogen-bond donors (Lipinski definition) is 0. The van der Waals surface area contributed by atoms with Crippen LogP contribution in [-0.2, 0) is 15.1 Å². The van der Waals surface area contributed by atoms with E-state index in [1.165, 1.54) is 6.07 Å². The Hall–Kier alpha value is 2.12. The van der Waals surface area contributed by atoms with Crippen molar-refractivity contribution < 1.29 is 0 Å². The molecular formula is C13H9Cl10. The van der Waals surface area contributed by atoms with Gasteiger partial charge < -0.3 is 0 Å². The number of rotatable bonds is 4. The highest BCUT2D eigenvalue weighted by Gasteiger charge is 2.51. The van der Waals surface area contributed by atoms with Crippen LogP contribution in [0.2, 0.25) is 0 Å². The van der Waals surface area contributed by atoms with Crippen LogP contribution in [-0.4, -0.2) is 7.59 Å². The average Bonchev–Trinajstić information content (AvgIpc) is 2.36. The molecule has 0 aliphatic heterocycles. The smallest absolute Gasteiger partial charge is 0.0915 e. The fourth-order valence-electron chi connectivity index (χ4n) is 1.79. The monoisotopic (exact) mass is 515 g/mol. The van der Waals surface area contributed by atoms with Crippen LogP contribution in [0, 0.1) is 6.92 Å². The van der Waals surface area contributed by atoms with E-state index in [0.717, 1.165) is 0 Å². The van der Waals surface area contributed by atoms with Gasteiger partial charge in [-0.3, -0.25) is 0 Å². The molecule has 1 aromatic rings. The van der Waals surface area contributed by atoms with Gasteiger partial charge in [0.2, 0.25) is 7.59 Å². The zero-order chi connectivity index (χ0) is 18.3. The Morgan fingerprint density at radius 3 is 1.61 bits per heavy atom. The molecule has 0 spiro atoms. The molecule has 0 aliphatic carbocycles. The van der Waals surface area contributed by atoms with Gasteiger partial charge in [0.25, 0.3) is 0 Å². The highest BCUT2D eigenvalue weighted by Crippen LogP contribution is 2.57. The van der Waals surface area contributed by atoms with Crippen molar-refractivity contribution in [3.63, 3.8) is 0 Å². The van der Waals surface area contributed by atoms with Gasteiger partial charge in [-0.15, -0.1) is 0 Å². The molecule has 1 rings (SSSR count). The molecular weight excluding hydrogens is 511 g/mol. The molecule has 131 valence electrons. The van der Waals surface area contributed by atoms with Crippen LogP contribution in [0.3, 0.4) is 0 Å². The second-order valence-electron chi connectivity index (χ2n) is 4.62. The van der Waals surface area contributed by atoms with E-state index in [2.05, 4.69) is 6.92 Å². The normalized spacial score (nSPS) is 14.2. The zero-order valence-corrected chi connectivity index (χ0v) is 18.7. The summed E-state index contributed by atoms with van der Waals surface area (Å²) in [5, 5.41) is 0. The third-order valence-corrected chi connectivity index (χ3v) is 7.81. The van der Waals surface area contributed by atoms with Crippen molar-refractivity contribution in [1.29, 1.82) is 0 Å². The number of halogens is 10. The highest BCUT2D eigenvalue weighted by molar-refractivity contribution is 6.76. The molecule has 0 N–H and O–H groups in total. The van der Waals surface area contributed by atoms with Crippen molar-refractivity contribution in [1.82, 2.24) is 0 Å². The van der Waals surface area contributed by atoms with Gasteiger partial charge in [-0.2, -0.15) is 0 Å². The van der Waals surface area contributed by atoms with Crippen molar-refractivity contribution in [3.8, 4) is 0 Å². The number of alkyl halides is 10. The van der Waals surface area contributed by atoms with Gasteiger partial charge in [-0.05, 0) is 35.6 Å². The van der Waals surface area contributed by atoms with Gasteiger partial charge in [0.15, 0.2) is 8.67 Å². The molecule has 0 aromatic heterocycles. The Morgan fingerprint density at radius 1 is 0.739 bits per heavy atom. The Balaban J connectivity index is 3.58. The average molecular weight is 520 g/mol. The summed E-state index contributed by atoms with van der Waals surface area (Å²) in [5.41, 5.74) is 1.24. The Bertz CT molecular complexity index is 553. The maximum atomic E-state index is 6.28. The summed E-state index contributed by atoms with van der Waals surface area (Å²) in [7, 11) is 0. The van der Waals surface area contributed by atoms with E-state index >= 15 is 0 Å². The second kappa shape index (κ2) is 8.01. The van der Waals surface area contributed by atoms with Crippen LogP contribution in [0.25, 0.3) is 0 Å². The second-order valence-corrected chi connectivity index (χ2v) is 11.8. The van der Waals surface area contributed by atoms with Gasteiger partial charge in [-0.1, -0.05) is 135 Å². The molecule has 0 bridgehead atoms. The van der Waals surface area contributed by atoms with E-state index in [4.69, 9.17) is 116 Å². The summed E-state index contributed by atoms with van der Waals surface area (Å²) in [5.74, 6) is 0. The van der Waals surface area contributed by atoms with E-state index < -0.39 is 16.3 Å². The van der Waals surface area contributed by atoms with E-state index in [1.807, 2.05) is 0 Å². The van der Waals surface area contributed by atoms with Crippen LogP contribution in [0.5, 0.6) is 0 Å². The first-order valence-electron chi connectivity index (χ1n) is 5.98. The van der Waals surface area contributed by atoms with Crippen LogP contribution in [0.15, 0.2) is 18.2 Å². The zero-order valence-electron chi connectivity index (χ0n) is 11.1. The molecule has 23 heavy (non-hydrogen) atoms. The largest absolute Gasteiger partial charge is 0.227 e. The van der Waals surface area contributed by atoms with Crippen LogP contribution < -0.4 is 0 Å². The lowest BCUT2D eigenvalue weighted by atomic mass is 9.96. The summed E-state index contributed by atoms with van der Waals surface area (Å²) in [6.07, 6.45) is 1.09. The maximum absolute atomic E-state index is 6.28. The third-order valence-electron chi connectivity index (χ3n) is 2.97. The maximum Gasteiger partial charge on any atom is 0.227 e. The van der Waals surface area contributed by atoms with Crippen LogP contribution in [0.1, 0.15) is 23.1 Å². The summed E-state index contributed by atoms with van der Waals surface area (Å²) in [6, 6.07) is 4.70. The lowest BCUT2D eigenvalue weighted by Gasteiger charge is -2.33. The molecule has 0 nitrogen and oxygen atoms in total. The number of benzene rings is 1. The first-order valence-corrected chi connectivity index (χ1v) is 9.76. The van der Waals surface area contributed by atoms with Crippen molar-refractivity contribution in [3.05, 3.63) is 41.8 Å². The summed E-state index contributed by atoms with van der Waals surface area (Å²) in [4.78, 5) is 0. The van der Waals surface area contributed by atoms with Gasteiger partial charge in [0.1, 0.15) is 0 Å². The number of aryl methyl sites for hydroxylation is 1. The quantitative estimate of drug-likeness (QED) is 0.350. The SMILES string of the molecule is [CH2]CCc1ccc(C(Cl)(Cl)C(Cl)(Cl)Cl)cc1C(Cl)(Cl)C(Cl)(Cl)Cl. The predicted octanol–water partition coefficient (Wildman–Crippen LogP) is 8.45. The lowest BCUT2D eigenvalue weighted by Crippen LogP contribution is -2.32. The van der Waals surface area contributed by atoms with Gasteiger partial charge in [0.05, 0.1) is 0 Å². The molecule has 1 aromatic carbocycles. The molecule has 0 unspecified atom stereocenters. The minimum Gasteiger partial charge on any atom is -0.0915 e. The van der Waals surface area contributed by atoms with Crippen molar-refractivity contribution in [2.45, 2.75) is 29.1 Å². The molecule has 1 radical (unpaired) electrons. The molecule has 0 saturated carbocycles. The van der Waals surface area contributed by atoms with Crippen molar-refractivity contribution >= 4 is 116 Å². The fourth-order valence-corrected chi connectivity index (χ4v) is 3.01. The van der Waals surface area contributed by atoms with E-state index in [0.29, 0.717) is 24.0 Å². The fraction of sp³-hybridized carbons (Fsp3) is 0.462. The lowest BCUT2D eigenvalue weighted by molar-refractivity contribution is 0.820. The Labute approximate surface area is 185 Å². The summed E-state index contributed by atoms with van der Waals surface area (Å²) in [6.45, 7) is 3.78. The predicted molar refractivity (Wildman–Crippen MR) is 107 cm³/mol. The Kier molecular flexibility index (Phi) is 8.07. The third kappa shape index (κ3) is 5.10. The van der Waals surface area contributed by atoms with Crippen molar-refractivity contribution in [2.75, 3.05) is 0 Å². The van der Waals surface area contributed by atoms with E-state index in [9.17, 15) is 0 Å². The first kappa shape index (κ1) is 23.2. The van der Waals surface area contributed by atoms with Gasteiger partial charge in [0, 0.05) is 0 Å². The first-order chi connectivity index (χ1) is 10.2. The standard InChI is InChI=1S/C13H9Cl10/c1-2-3-7-4-5-8(10(14,15)12(18,19)20)6-9(7)11(16,17)13(21,22)23/h4-6H,1-3H2. The number of hydrogen-bond acceptors (Lipinski definition) is 0. The van der Waals surface area contributed by atoms with E-state index in [-0.39, 0.29) is 5.56 Å². The highest BCUT2D eigenvalue weighted by atomic mass is 35.6. The minimum absolute atomic E-state index is 0.239. The molecule has 10 heteroatoms. The van der Waals surface area contributed by atoms with Gasteiger partial charge >= 0.3 is 0 Å². The topological polar surface area (TPSA) is 0 Å². The van der Waals surface area contributed by atoms with E-state index in [1.54, 1.807) is 12.1 Å².